The number of allylic oxidation sites excluding steroid dienone is 3. The molecule has 2 aliphatic rings. The van der Waals surface area contributed by atoms with E-state index in [2.05, 4.69) is 26.7 Å². The Bertz CT molecular complexity index is 1280. The molecular formula is C26H24N4O2S. The number of thiophene rings is 1. The summed E-state index contributed by atoms with van der Waals surface area (Å²) >= 11 is 1.68. The molecule has 2 atom stereocenters. The molecule has 1 amide bonds. The maximum Gasteiger partial charge on any atom is 0.255 e. The van der Waals surface area contributed by atoms with Crippen LogP contribution in [0.4, 0.5) is 5.82 Å². The van der Waals surface area contributed by atoms with Gasteiger partial charge in [-0.3, -0.25) is 14.6 Å². The number of aromatic nitrogens is 2. The third-order valence-corrected chi connectivity index (χ3v) is 7.20. The molecule has 6 nitrogen and oxygen atoms in total. The van der Waals surface area contributed by atoms with Crippen LogP contribution in [-0.4, -0.2) is 21.7 Å². The second-order valence-electron chi connectivity index (χ2n) is 8.44. The predicted molar refractivity (Wildman–Crippen MR) is 129 cm³/mol. The second-order valence-corrected chi connectivity index (χ2v) is 9.42. The number of aryl methyl sites for hydroxylation is 1. The van der Waals surface area contributed by atoms with Crippen LogP contribution in [0.5, 0.6) is 0 Å². The van der Waals surface area contributed by atoms with Gasteiger partial charge in [0.2, 0.25) is 0 Å². The number of hydrogen-bond acceptors (Lipinski definition) is 6. The molecule has 0 fully saturated rings. The second kappa shape index (κ2) is 8.75. The predicted octanol–water partition coefficient (Wildman–Crippen LogP) is 4.85. The van der Waals surface area contributed by atoms with Crippen LogP contribution < -0.4 is 10.6 Å². The lowest BCUT2D eigenvalue weighted by atomic mass is 9.73. The molecule has 2 N–H and O–H groups in total. The average Bonchev–Trinajstić information content (AvgIpc) is 3.33. The molecule has 0 radical (unpaired) electrons. The van der Waals surface area contributed by atoms with Crippen molar-refractivity contribution in [3.05, 3.63) is 98.9 Å². The third kappa shape index (κ3) is 4.12. The first kappa shape index (κ1) is 21.3. The Balaban J connectivity index is 1.55. The molecule has 0 saturated carbocycles. The zero-order chi connectivity index (χ0) is 22.9. The number of ketones is 1. The fraction of sp³-hybridized carbons (Fsp3) is 0.231. The molecule has 0 saturated heterocycles. The first-order chi connectivity index (χ1) is 16.0. The smallest absolute Gasteiger partial charge is 0.255 e. The molecule has 3 aromatic rings. The van der Waals surface area contributed by atoms with E-state index in [0.29, 0.717) is 23.4 Å². The monoisotopic (exact) mass is 456 g/mol. The van der Waals surface area contributed by atoms with E-state index in [1.807, 2.05) is 49.6 Å². The van der Waals surface area contributed by atoms with Crippen molar-refractivity contribution >= 4 is 28.8 Å². The van der Waals surface area contributed by atoms with Gasteiger partial charge in [-0.15, -0.1) is 11.3 Å². The number of anilines is 1. The largest absolute Gasteiger partial charge is 0.362 e. The molecule has 1 aliphatic heterocycles. The highest BCUT2D eigenvalue weighted by molar-refractivity contribution is 7.10. The fourth-order valence-electron chi connectivity index (χ4n) is 4.74. The van der Waals surface area contributed by atoms with Gasteiger partial charge in [-0.25, -0.2) is 4.98 Å². The number of pyridine rings is 2. The third-order valence-electron chi connectivity index (χ3n) is 6.17. The Morgan fingerprint density at radius 1 is 1.12 bits per heavy atom. The summed E-state index contributed by atoms with van der Waals surface area (Å²) < 4.78 is 0. The maximum absolute atomic E-state index is 13.5. The van der Waals surface area contributed by atoms with E-state index in [4.69, 9.17) is 0 Å². The van der Waals surface area contributed by atoms with Crippen LogP contribution in [0.1, 0.15) is 47.7 Å². The van der Waals surface area contributed by atoms with Gasteiger partial charge in [0.05, 0.1) is 0 Å². The Hall–Kier alpha value is -3.58. The van der Waals surface area contributed by atoms with Gasteiger partial charge in [-0.05, 0) is 55.5 Å². The summed E-state index contributed by atoms with van der Waals surface area (Å²) in [6, 6.07) is 13.4. The Labute approximate surface area is 196 Å². The minimum absolute atomic E-state index is 0.0717. The van der Waals surface area contributed by atoms with Crippen LogP contribution in [0.25, 0.3) is 0 Å². The van der Waals surface area contributed by atoms with Crippen LogP contribution in [0.2, 0.25) is 0 Å². The van der Waals surface area contributed by atoms with Crippen molar-refractivity contribution in [1.29, 1.82) is 0 Å². The van der Waals surface area contributed by atoms with Gasteiger partial charge in [-0.2, -0.15) is 0 Å². The van der Waals surface area contributed by atoms with Crippen molar-refractivity contribution in [3.63, 3.8) is 0 Å². The van der Waals surface area contributed by atoms with E-state index < -0.39 is 5.92 Å². The van der Waals surface area contributed by atoms with Crippen LogP contribution in [-0.2, 0) is 9.59 Å². The molecule has 3 aromatic heterocycles. The summed E-state index contributed by atoms with van der Waals surface area (Å²) in [5.41, 5.74) is 4.48. The number of carbonyl (C=O) groups excluding carboxylic acids is 2. The number of nitrogens with zero attached hydrogens (tertiary/aromatic N) is 2. The highest BCUT2D eigenvalue weighted by atomic mass is 32.1. The number of Topliss-reactive ketones (excluding diaryl/α,β-unsaturated/α-hetero) is 1. The summed E-state index contributed by atoms with van der Waals surface area (Å²) in [5.74, 6) is -0.0403. The van der Waals surface area contributed by atoms with Crippen molar-refractivity contribution in [2.24, 2.45) is 0 Å². The van der Waals surface area contributed by atoms with Crippen LogP contribution >= 0.6 is 11.3 Å². The molecule has 7 heteroatoms. The highest BCUT2D eigenvalue weighted by Gasteiger charge is 2.41. The highest BCUT2D eigenvalue weighted by Crippen LogP contribution is 2.46. The number of dihydropyridines is 1. The zero-order valence-electron chi connectivity index (χ0n) is 18.5. The van der Waals surface area contributed by atoms with E-state index in [1.165, 1.54) is 4.88 Å². The van der Waals surface area contributed by atoms with E-state index >= 15 is 0 Å². The van der Waals surface area contributed by atoms with Crippen molar-refractivity contribution in [3.8, 4) is 0 Å². The summed E-state index contributed by atoms with van der Waals surface area (Å²) in [6.45, 7) is 3.77. The number of nitrogens with one attached hydrogen (secondary N) is 2. The van der Waals surface area contributed by atoms with Gasteiger partial charge in [0, 0.05) is 63.8 Å². The van der Waals surface area contributed by atoms with Crippen molar-refractivity contribution in [2.45, 2.75) is 38.5 Å². The zero-order valence-corrected chi connectivity index (χ0v) is 19.3. The minimum Gasteiger partial charge on any atom is -0.362 e. The fourth-order valence-corrected chi connectivity index (χ4v) is 5.57. The molecule has 0 bridgehead atoms. The first-order valence-corrected chi connectivity index (χ1v) is 11.8. The molecule has 33 heavy (non-hydrogen) atoms. The SMILES string of the molecule is CC1=C(C(=O)Nc2cccc(C)n2)C(c2cccnc2)C2=C(CC(c3cccs3)CC2=O)N1. The Morgan fingerprint density at radius 2 is 2.00 bits per heavy atom. The molecule has 1 aliphatic carbocycles. The molecular weight excluding hydrogens is 432 g/mol. The normalized spacial score (nSPS) is 20.4. The molecule has 0 spiro atoms. The van der Waals surface area contributed by atoms with Gasteiger partial charge in [0.15, 0.2) is 5.78 Å². The van der Waals surface area contributed by atoms with E-state index in [1.54, 1.807) is 29.8 Å². The van der Waals surface area contributed by atoms with E-state index in [0.717, 1.165) is 29.1 Å². The van der Waals surface area contributed by atoms with Crippen molar-refractivity contribution < 1.29 is 9.59 Å². The Kier molecular flexibility index (Phi) is 5.64. The maximum atomic E-state index is 13.5. The lowest BCUT2D eigenvalue weighted by Crippen LogP contribution is -2.37. The quantitative estimate of drug-likeness (QED) is 0.587. The number of amides is 1. The average molecular weight is 457 g/mol. The van der Waals surface area contributed by atoms with Crippen molar-refractivity contribution in [2.75, 3.05) is 5.32 Å². The summed E-state index contributed by atoms with van der Waals surface area (Å²) in [6.07, 6.45) is 4.61. The number of carbonyl (C=O) groups is 2. The molecule has 2 unspecified atom stereocenters. The Morgan fingerprint density at radius 3 is 2.73 bits per heavy atom. The first-order valence-electron chi connectivity index (χ1n) is 10.9. The summed E-state index contributed by atoms with van der Waals surface area (Å²) in [7, 11) is 0. The molecule has 166 valence electrons. The van der Waals surface area contributed by atoms with E-state index in [-0.39, 0.29) is 17.6 Å². The summed E-state index contributed by atoms with van der Waals surface area (Å²) in [4.78, 5) is 36.9. The van der Waals surface area contributed by atoms with Gasteiger partial charge < -0.3 is 10.6 Å². The number of rotatable bonds is 4. The van der Waals surface area contributed by atoms with Crippen molar-refractivity contribution in [1.82, 2.24) is 15.3 Å². The molecule has 5 rings (SSSR count). The number of hydrogen-bond donors (Lipinski definition) is 2. The van der Waals surface area contributed by atoms with Crippen LogP contribution in [0, 0.1) is 6.92 Å². The topological polar surface area (TPSA) is 84.0 Å². The summed E-state index contributed by atoms with van der Waals surface area (Å²) in [5, 5.41) is 8.38. The van der Waals surface area contributed by atoms with E-state index in [9.17, 15) is 9.59 Å². The van der Waals surface area contributed by atoms with Gasteiger partial charge in [-0.1, -0.05) is 18.2 Å². The lowest BCUT2D eigenvalue weighted by Gasteiger charge is -2.36. The molecule has 0 aromatic carbocycles. The van der Waals surface area contributed by atoms with Gasteiger partial charge in [0.1, 0.15) is 5.82 Å². The van der Waals surface area contributed by atoms with Crippen LogP contribution in [0.3, 0.4) is 0 Å². The molecule has 4 heterocycles. The van der Waals surface area contributed by atoms with Crippen LogP contribution in [0.15, 0.2) is 82.8 Å². The van der Waals surface area contributed by atoms with Gasteiger partial charge >= 0.3 is 0 Å². The minimum atomic E-state index is -0.475. The standard InChI is InChI=1S/C26H24N4O2S/c1-15-6-3-9-22(28-15)30-26(32)23-16(2)29-19-12-18(21-8-5-11-33-21)13-20(31)25(19)24(23)17-7-4-10-27-14-17/h3-11,14,18,24,29H,12-13H2,1-2H3,(H,28,30,32). The lowest BCUT2D eigenvalue weighted by molar-refractivity contribution is -0.116. The van der Waals surface area contributed by atoms with Gasteiger partial charge in [0.25, 0.3) is 5.91 Å².